The van der Waals surface area contributed by atoms with E-state index in [4.69, 9.17) is 9.79 Å². The molecule has 6 nitrogen and oxygen atoms in total. The lowest BCUT2D eigenvalue weighted by molar-refractivity contribution is -0.134. The second-order valence-electron chi connectivity index (χ2n) is 13.7. The van der Waals surface area contributed by atoms with Crippen molar-refractivity contribution in [1.82, 2.24) is 0 Å². The highest BCUT2D eigenvalue weighted by Crippen LogP contribution is 2.36. The average Bonchev–Trinajstić information content (AvgIpc) is 3.00. The largest absolute Gasteiger partial charge is 0.469 e. The number of rotatable bonds is 37. The van der Waals surface area contributed by atoms with E-state index in [0.717, 1.165) is 38.5 Å². The molecule has 0 saturated heterocycles. The molecule has 0 atom stereocenters. The van der Waals surface area contributed by atoms with Gasteiger partial charge in [-0.25, -0.2) is 4.57 Å². The van der Waals surface area contributed by atoms with Gasteiger partial charge >= 0.3 is 7.82 Å². The summed E-state index contributed by atoms with van der Waals surface area (Å²) in [6.45, 7) is 4.00. The van der Waals surface area contributed by atoms with Crippen LogP contribution in [0.2, 0.25) is 0 Å². The molecule has 268 valence electrons. The summed E-state index contributed by atoms with van der Waals surface area (Å²) in [5.41, 5.74) is 0. The van der Waals surface area contributed by atoms with E-state index in [1.54, 1.807) is 0 Å². The van der Waals surface area contributed by atoms with Crippen molar-refractivity contribution in [2.24, 2.45) is 5.92 Å². The van der Waals surface area contributed by atoms with Gasteiger partial charge in [-0.05, 0) is 12.8 Å². The quantitative estimate of drug-likeness (QED) is 0.0391. The van der Waals surface area contributed by atoms with Gasteiger partial charge in [0.1, 0.15) is 17.5 Å². The molecule has 7 heteroatoms. The van der Waals surface area contributed by atoms with Gasteiger partial charge in [0.2, 0.25) is 0 Å². The molecule has 0 amide bonds. The monoisotopic (exact) mass is 659 g/mol. The van der Waals surface area contributed by atoms with Crippen molar-refractivity contribution in [2.45, 2.75) is 219 Å². The molecule has 0 aliphatic rings. The molecule has 0 aromatic heterocycles. The third-order valence-corrected chi connectivity index (χ3v) is 9.73. The second kappa shape index (κ2) is 33.4. The highest BCUT2D eigenvalue weighted by atomic mass is 31.2. The first-order valence-corrected chi connectivity index (χ1v) is 21.1. The smallest absolute Gasteiger partial charge is 0.303 e. The Morgan fingerprint density at radius 3 is 0.889 bits per heavy atom. The van der Waals surface area contributed by atoms with Crippen molar-refractivity contribution in [2.75, 3.05) is 6.61 Å². The van der Waals surface area contributed by atoms with E-state index in [9.17, 15) is 14.2 Å². The van der Waals surface area contributed by atoms with E-state index in [0.29, 0.717) is 0 Å². The first kappa shape index (κ1) is 44.5. The zero-order valence-electron chi connectivity index (χ0n) is 29.9. The van der Waals surface area contributed by atoms with Crippen LogP contribution in [0.15, 0.2) is 0 Å². The topological polar surface area (TPSA) is 101 Å². The minimum Gasteiger partial charge on any atom is -0.303 e. The maximum Gasteiger partial charge on any atom is 0.469 e. The van der Waals surface area contributed by atoms with Gasteiger partial charge in [-0.2, -0.15) is 0 Å². The Bertz CT molecular complexity index is 660. The van der Waals surface area contributed by atoms with Gasteiger partial charge in [0.15, 0.2) is 0 Å². The second-order valence-corrected chi connectivity index (χ2v) is 14.9. The number of unbranched alkanes of at least 4 members (excludes halogenated alkanes) is 28. The number of phosphoric ester groups is 1. The number of Topliss-reactive ketones (excluding diaryl/α,β-unsaturated/α-hetero) is 2. The average molecular weight is 659 g/mol. The van der Waals surface area contributed by atoms with Gasteiger partial charge in [-0.15, -0.1) is 0 Å². The van der Waals surface area contributed by atoms with Crippen LogP contribution in [0, 0.1) is 5.92 Å². The van der Waals surface area contributed by atoms with Crippen LogP contribution in [-0.4, -0.2) is 28.0 Å². The SMILES string of the molecule is CCCCCCCCCCCCCCCCCC(=O)C(COP(=O)(O)O)C(=O)CCCCCCCCCCCCCCCCC. The van der Waals surface area contributed by atoms with Crippen molar-refractivity contribution in [3.8, 4) is 0 Å². The van der Waals surface area contributed by atoms with Gasteiger partial charge in [0.25, 0.3) is 0 Å². The third-order valence-electron chi connectivity index (χ3n) is 9.24. The number of hydrogen-bond donors (Lipinski definition) is 2. The Kier molecular flexibility index (Phi) is 32.9. The zero-order chi connectivity index (χ0) is 33.3. The summed E-state index contributed by atoms with van der Waals surface area (Å²) < 4.78 is 15.9. The summed E-state index contributed by atoms with van der Waals surface area (Å²) in [7, 11) is -4.73. The zero-order valence-corrected chi connectivity index (χ0v) is 30.8. The van der Waals surface area contributed by atoms with Crippen LogP contribution in [-0.2, 0) is 18.7 Å². The van der Waals surface area contributed by atoms with Gasteiger partial charge in [-0.3, -0.25) is 14.1 Å². The van der Waals surface area contributed by atoms with Crippen molar-refractivity contribution in [1.29, 1.82) is 0 Å². The molecule has 0 rings (SSSR count). The lowest BCUT2D eigenvalue weighted by Crippen LogP contribution is -2.28. The molecular weight excluding hydrogens is 583 g/mol. The molecule has 0 saturated carbocycles. The Balaban J connectivity index is 3.94. The Hall–Kier alpha value is -0.550. The number of carbonyl (C=O) groups is 2. The van der Waals surface area contributed by atoms with Crippen LogP contribution in [0.5, 0.6) is 0 Å². The molecule has 0 spiro atoms. The van der Waals surface area contributed by atoms with E-state index in [1.807, 2.05) is 0 Å². The van der Waals surface area contributed by atoms with Crippen molar-refractivity contribution < 1.29 is 28.5 Å². The summed E-state index contributed by atoms with van der Waals surface area (Å²) in [5.74, 6) is -1.52. The summed E-state index contributed by atoms with van der Waals surface area (Å²) in [4.78, 5) is 43.9. The molecule has 0 unspecified atom stereocenters. The summed E-state index contributed by atoms with van der Waals surface area (Å²) >= 11 is 0. The Morgan fingerprint density at radius 2 is 0.667 bits per heavy atom. The van der Waals surface area contributed by atoms with Crippen LogP contribution >= 0.6 is 7.82 Å². The summed E-state index contributed by atoms with van der Waals surface area (Å²) in [6, 6.07) is 0. The third kappa shape index (κ3) is 33.2. The van der Waals surface area contributed by atoms with Crippen LogP contribution in [0.1, 0.15) is 219 Å². The first-order chi connectivity index (χ1) is 21.8. The highest BCUT2D eigenvalue weighted by molar-refractivity contribution is 7.46. The van der Waals surface area contributed by atoms with E-state index in [2.05, 4.69) is 18.4 Å². The molecule has 2 N–H and O–H groups in total. The molecule has 45 heavy (non-hydrogen) atoms. The fraction of sp³-hybridized carbons (Fsp3) is 0.947. The summed E-state index contributed by atoms with van der Waals surface area (Å²) in [5, 5.41) is 0. The van der Waals surface area contributed by atoms with E-state index >= 15 is 0 Å². The van der Waals surface area contributed by atoms with Gasteiger partial charge in [0, 0.05) is 12.8 Å². The number of phosphoric acid groups is 1. The van der Waals surface area contributed by atoms with Crippen LogP contribution in [0.25, 0.3) is 0 Å². The minimum atomic E-state index is -4.73. The van der Waals surface area contributed by atoms with E-state index < -0.39 is 20.3 Å². The first-order valence-electron chi connectivity index (χ1n) is 19.6. The Morgan fingerprint density at radius 1 is 0.444 bits per heavy atom. The highest BCUT2D eigenvalue weighted by Gasteiger charge is 2.29. The predicted molar refractivity (Wildman–Crippen MR) is 191 cm³/mol. The number of hydrogen-bond acceptors (Lipinski definition) is 4. The lowest BCUT2D eigenvalue weighted by Gasteiger charge is -2.15. The van der Waals surface area contributed by atoms with E-state index in [1.165, 1.54) is 154 Å². The van der Waals surface area contributed by atoms with E-state index in [-0.39, 0.29) is 24.4 Å². The normalized spacial score (nSPS) is 11.9. The van der Waals surface area contributed by atoms with Gasteiger partial charge in [0.05, 0.1) is 6.61 Å². The molecule has 0 aromatic rings. The van der Waals surface area contributed by atoms with Gasteiger partial charge in [-0.1, -0.05) is 194 Å². The van der Waals surface area contributed by atoms with Crippen molar-refractivity contribution in [3.05, 3.63) is 0 Å². The molecule has 0 heterocycles. The fourth-order valence-corrected chi connectivity index (χ4v) is 6.57. The maximum absolute atomic E-state index is 12.8. The standard InChI is InChI=1S/C38H75O6P/c1-3-5-7-9-11-13-15-17-19-21-23-25-27-29-31-33-37(39)36(35-44-45(41,42)43)38(40)34-32-30-28-26-24-22-20-18-16-14-12-10-8-6-4-2/h36H,3-35H2,1-2H3,(H2,41,42,43). The van der Waals surface area contributed by atoms with Crippen LogP contribution in [0.4, 0.5) is 0 Å². The molecule has 0 radical (unpaired) electrons. The summed E-state index contributed by atoms with van der Waals surface area (Å²) in [6.07, 6.45) is 37.9. The minimum absolute atomic E-state index is 0.232. The number of carbonyl (C=O) groups excluding carboxylic acids is 2. The van der Waals surface area contributed by atoms with Crippen LogP contribution < -0.4 is 0 Å². The maximum atomic E-state index is 12.8. The number of ketones is 2. The van der Waals surface area contributed by atoms with Crippen LogP contribution in [0.3, 0.4) is 0 Å². The predicted octanol–water partition coefficient (Wildman–Crippen LogP) is 12.4. The molecule has 0 aliphatic carbocycles. The molecule has 0 bridgehead atoms. The van der Waals surface area contributed by atoms with Crippen molar-refractivity contribution in [3.63, 3.8) is 0 Å². The molecule has 0 fully saturated rings. The molecular formula is C38H75O6P. The lowest BCUT2D eigenvalue weighted by atomic mass is 9.92. The van der Waals surface area contributed by atoms with Crippen molar-refractivity contribution >= 4 is 19.4 Å². The Labute approximate surface area is 279 Å². The molecule has 0 aromatic carbocycles. The molecule has 0 aliphatic heterocycles. The fourth-order valence-electron chi connectivity index (χ4n) is 6.23. The van der Waals surface area contributed by atoms with Gasteiger partial charge < -0.3 is 9.79 Å².